The van der Waals surface area contributed by atoms with Crippen molar-refractivity contribution in [2.45, 2.75) is 39.5 Å². The monoisotopic (exact) mass is 220 g/mol. The van der Waals surface area contributed by atoms with E-state index in [-0.39, 0.29) is 6.61 Å². The SMILES string of the molecule is C=C(C)[C@H]1CC[C@H](C)[C@H]2CCC(CO)=C[C@@H]21. The van der Waals surface area contributed by atoms with Crippen LogP contribution in [0.4, 0.5) is 0 Å². The molecule has 0 bridgehead atoms. The van der Waals surface area contributed by atoms with Gasteiger partial charge >= 0.3 is 0 Å². The highest BCUT2D eigenvalue weighted by Crippen LogP contribution is 2.47. The minimum atomic E-state index is 0.251. The molecule has 0 aliphatic heterocycles. The Morgan fingerprint density at radius 2 is 2.19 bits per heavy atom. The highest BCUT2D eigenvalue weighted by atomic mass is 16.3. The van der Waals surface area contributed by atoms with Gasteiger partial charge in [0.25, 0.3) is 0 Å². The fraction of sp³-hybridized carbons (Fsp3) is 0.733. The van der Waals surface area contributed by atoms with Crippen molar-refractivity contribution in [3.05, 3.63) is 23.8 Å². The summed E-state index contributed by atoms with van der Waals surface area (Å²) in [6.45, 7) is 8.96. The summed E-state index contributed by atoms with van der Waals surface area (Å²) >= 11 is 0. The van der Waals surface area contributed by atoms with E-state index in [9.17, 15) is 5.11 Å². The van der Waals surface area contributed by atoms with Crippen LogP contribution in [-0.4, -0.2) is 11.7 Å². The molecule has 0 heterocycles. The van der Waals surface area contributed by atoms with Gasteiger partial charge in [-0.1, -0.05) is 25.2 Å². The molecule has 2 aliphatic rings. The maximum absolute atomic E-state index is 9.28. The van der Waals surface area contributed by atoms with Crippen molar-refractivity contribution in [3.63, 3.8) is 0 Å². The summed E-state index contributed by atoms with van der Waals surface area (Å²) in [6, 6.07) is 0. The van der Waals surface area contributed by atoms with E-state index in [1.54, 1.807) is 0 Å². The minimum Gasteiger partial charge on any atom is -0.392 e. The van der Waals surface area contributed by atoms with Crippen LogP contribution < -0.4 is 0 Å². The first kappa shape index (κ1) is 11.9. The zero-order valence-corrected chi connectivity index (χ0v) is 10.6. The van der Waals surface area contributed by atoms with Crippen LogP contribution in [0.2, 0.25) is 0 Å². The summed E-state index contributed by atoms with van der Waals surface area (Å²) in [5.74, 6) is 2.98. The number of hydrogen-bond acceptors (Lipinski definition) is 1. The lowest BCUT2D eigenvalue weighted by Gasteiger charge is -2.44. The van der Waals surface area contributed by atoms with Crippen LogP contribution in [0.1, 0.15) is 39.5 Å². The van der Waals surface area contributed by atoms with Gasteiger partial charge in [0.1, 0.15) is 0 Å². The van der Waals surface area contributed by atoms with Crippen molar-refractivity contribution in [1.29, 1.82) is 0 Å². The van der Waals surface area contributed by atoms with Crippen LogP contribution in [0.25, 0.3) is 0 Å². The summed E-state index contributed by atoms with van der Waals surface area (Å²) in [4.78, 5) is 0. The molecule has 4 atom stereocenters. The smallest absolute Gasteiger partial charge is 0.0641 e. The highest BCUT2D eigenvalue weighted by molar-refractivity contribution is 5.17. The predicted molar refractivity (Wildman–Crippen MR) is 68.1 cm³/mol. The number of allylic oxidation sites excluding steroid dienone is 2. The molecule has 0 aromatic carbocycles. The van der Waals surface area contributed by atoms with Gasteiger partial charge in [-0.2, -0.15) is 0 Å². The average molecular weight is 220 g/mol. The fourth-order valence-electron chi connectivity index (χ4n) is 3.66. The van der Waals surface area contributed by atoms with E-state index in [1.807, 2.05) is 0 Å². The van der Waals surface area contributed by atoms with Crippen molar-refractivity contribution < 1.29 is 5.11 Å². The van der Waals surface area contributed by atoms with Crippen LogP contribution >= 0.6 is 0 Å². The van der Waals surface area contributed by atoms with Gasteiger partial charge in [0.05, 0.1) is 6.61 Å². The molecule has 0 saturated heterocycles. The van der Waals surface area contributed by atoms with E-state index >= 15 is 0 Å². The number of fused-ring (bicyclic) bond motifs is 1. The molecule has 1 nitrogen and oxygen atoms in total. The Hall–Kier alpha value is -0.560. The number of rotatable bonds is 2. The Bertz CT molecular complexity index is 303. The van der Waals surface area contributed by atoms with E-state index in [2.05, 4.69) is 26.5 Å². The summed E-state index contributed by atoms with van der Waals surface area (Å²) in [5.41, 5.74) is 2.58. The Morgan fingerprint density at radius 1 is 1.44 bits per heavy atom. The molecule has 2 rings (SSSR count). The first-order valence-electron chi connectivity index (χ1n) is 6.59. The zero-order chi connectivity index (χ0) is 11.7. The average Bonchev–Trinajstić information content (AvgIpc) is 2.28. The first-order chi connectivity index (χ1) is 7.63. The van der Waals surface area contributed by atoms with Crippen LogP contribution in [-0.2, 0) is 0 Å². The summed E-state index contributed by atoms with van der Waals surface area (Å²) in [5, 5.41) is 9.28. The van der Waals surface area contributed by atoms with Gasteiger partial charge in [0, 0.05) is 0 Å². The molecule has 0 amide bonds. The molecule has 0 aromatic rings. The van der Waals surface area contributed by atoms with E-state index in [1.165, 1.54) is 30.4 Å². The largest absolute Gasteiger partial charge is 0.392 e. The fourth-order valence-corrected chi connectivity index (χ4v) is 3.66. The minimum absolute atomic E-state index is 0.251. The van der Waals surface area contributed by atoms with Crippen molar-refractivity contribution >= 4 is 0 Å². The molecule has 2 aliphatic carbocycles. The molecule has 0 spiro atoms. The van der Waals surface area contributed by atoms with Crippen LogP contribution in [0.5, 0.6) is 0 Å². The molecule has 1 heteroatoms. The lowest BCUT2D eigenvalue weighted by atomic mass is 9.61. The summed E-state index contributed by atoms with van der Waals surface area (Å²) in [7, 11) is 0. The molecule has 1 saturated carbocycles. The van der Waals surface area contributed by atoms with Gasteiger partial charge in [-0.3, -0.25) is 0 Å². The normalized spacial score (nSPS) is 38.8. The van der Waals surface area contributed by atoms with E-state index < -0.39 is 0 Å². The molecule has 0 unspecified atom stereocenters. The highest BCUT2D eigenvalue weighted by Gasteiger charge is 2.38. The molecule has 0 radical (unpaired) electrons. The lowest BCUT2D eigenvalue weighted by molar-refractivity contribution is 0.132. The second-order valence-electron chi connectivity index (χ2n) is 5.77. The van der Waals surface area contributed by atoms with Crippen molar-refractivity contribution in [1.82, 2.24) is 0 Å². The van der Waals surface area contributed by atoms with Gasteiger partial charge < -0.3 is 5.11 Å². The first-order valence-corrected chi connectivity index (χ1v) is 6.59. The Kier molecular flexibility index (Phi) is 3.53. The Morgan fingerprint density at radius 3 is 2.81 bits per heavy atom. The summed E-state index contributed by atoms with van der Waals surface area (Å²) < 4.78 is 0. The Labute approximate surface area is 99.3 Å². The number of aliphatic hydroxyl groups is 1. The molecule has 90 valence electrons. The zero-order valence-electron chi connectivity index (χ0n) is 10.6. The molecule has 0 aromatic heterocycles. The predicted octanol–water partition coefficient (Wildman–Crippen LogP) is 3.55. The van der Waals surface area contributed by atoms with E-state index in [0.717, 1.165) is 18.3 Å². The maximum atomic E-state index is 9.28. The van der Waals surface area contributed by atoms with Gasteiger partial charge in [-0.25, -0.2) is 0 Å². The quantitative estimate of drug-likeness (QED) is 0.706. The van der Waals surface area contributed by atoms with Crippen LogP contribution in [0, 0.1) is 23.7 Å². The van der Waals surface area contributed by atoms with Crippen LogP contribution in [0.15, 0.2) is 23.8 Å². The molecular weight excluding hydrogens is 196 g/mol. The molecule has 1 fully saturated rings. The second kappa shape index (κ2) is 4.75. The number of aliphatic hydroxyl groups excluding tert-OH is 1. The standard InChI is InChI=1S/C15H24O/c1-10(2)13-6-4-11(3)14-7-5-12(9-16)8-15(13)14/h8,11,13-16H,1,4-7,9H2,2-3H3/t11-,13+,14+,15+/m0/s1. The third kappa shape index (κ3) is 2.10. The van der Waals surface area contributed by atoms with Gasteiger partial charge in [-0.15, -0.1) is 0 Å². The van der Waals surface area contributed by atoms with E-state index in [0.29, 0.717) is 11.8 Å². The second-order valence-corrected chi connectivity index (χ2v) is 5.77. The Balaban J connectivity index is 2.23. The maximum Gasteiger partial charge on any atom is 0.0641 e. The third-order valence-corrected chi connectivity index (χ3v) is 4.69. The topological polar surface area (TPSA) is 20.2 Å². The van der Waals surface area contributed by atoms with Gasteiger partial charge in [-0.05, 0) is 61.9 Å². The van der Waals surface area contributed by atoms with Crippen LogP contribution in [0.3, 0.4) is 0 Å². The van der Waals surface area contributed by atoms with Crippen molar-refractivity contribution in [2.24, 2.45) is 23.7 Å². The lowest BCUT2D eigenvalue weighted by Crippen LogP contribution is -2.35. The number of hydrogen-bond donors (Lipinski definition) is 1. The molecular formula is C15H24O. The van der Waals surface area contributed by atoms with Crippen molar-refractivity contribution in [3.8, 4) is 0 Å². The van der Waals surface area contributed by atoms with Gasteiger partial charge in [0.2, 0.25) is 0 Å². The molecule has 1 N–H and O–H groups in total. The molecule has 16 heavy (non-hydrogen) atoms. The summed E-state index contributed by atoms with van der Waals surface area (Å²) in [6.07, 6.45) is 7.37. The van der Waals surface area contributed by atoms with E-state index in [4.69, 9.17) is 0 Å². The van der Waals surface area contributed by atoms with Crippen molar-refractivity contribution in [2.75, 3.05) is 6.61 Å². The van der Waals surface area contributed by atoms with Gasteiger partial charge in [0.15, 0.2) is 0 Å². The third-order valence-electron chi connectivity index (χ3n) is 4.69.